The first kappa shape index (κ1) is 20.2. The lowest BCUT2D eigenvalue weighted by Crippen LogP contribution is -2.42. The van der Waals surface area contributed by atoms with Crippen LogP contribution in [0.15, 0.2) is 54.9 Å². The van der Waals surface area contributed by atoms with Gasteiger partial charge in [-0.05, 0) is 16.7 Å². The molecule has 0 saturated carbocycles. The fourth-order valence-electron chi connectivity index (χ4n) is 4.05. The summed E-state index contributed by atoms with van der Waals surface area (Å²) in [6, 6.07) is 11.8. The van der Waals surface area contributed by atoms with Gasteiger partial charge < -0.3 is 10.0 Å². The van der Waals surface area contributed by atoms with Gasteiger partial charge in [-0.1, -0.05) is 42.5 Å². The van der Waals surface area contributed by atoms with Gasteiger partial charge in [-0.3, -0.25) is 9.48 Å². The van der Waals surface area contributed by atoms with Crippen LogP contribution < -0.4 is 0 Å². The van der Waals surface area contributed by atoms with Gasteiger partial charge in [0.05, 0.1) is 12.7 Å². The molecule has 0 aliphatic heterocycles. The molecule has 30 heavy (non-hydrogen) atoms. The molecule has 1 heterocycles. The first-order valence-electron chi connectivity index (χ1n) is 9.72. The van der Waals surface area contributed by atoms with Crippen LogP contribution in [0.25, 0.3) is 22.3 Å². The molecule has 2 aromatic carbocycles. The number of carbonyl (C=O) groups is 1. The average molecular weight is 411 g/mol. The van der Waals surface area contributed by atoms with Crippen molar-refractivity contribution in [1.29, 1.82) is 0 Å². The number of benzene rings is 2. The zero-order chi connectivity index (χ0) is 21.7. The molecule has 0 fully saturated rings. The molecule has 1 aliphatic rings. The number of halogens is 2. The highest BCUT2D eigenvalue weighted by atomic mass is 19.3. The molecule has 1 unspecified atom stereocenters. The van der Waals surface area contributed by atoms with Crippen LogP contribution in [-0.2, 0) is 16.9 Å². The number of aromatic nitrogens is 2. The summed E-state index contributed by atoms with van der Waals surface area (Å²) in [7, 11) is 1.72. The molecule has 0 radical (unpaired) electrons. The van der Waals surface area contributed by atoms with Gasteiger partial charge in [-0.25, -0.2) is 8.78 Å². The Bertz CT molecular complexity index is 1120. The van der Waals surface area contributed by atoms with Crippen LogP contribution in [0.3, 0.4) is 0 Å². The molecule has 7 heteroatoms. The van der Waals surface area contributed by atoms with Crippen LogP contribution in [-0.4, -0.2) is 45.2 Å². The van der Waals surface area contributed by atoms with Crippen molar-refractivity contribution in [2.45, 2.75) is 31.9 Å². The number of alkyl halides is 2. The van der Waals surface area contributed by atoms with E-state index in [0.29, 0.717) is 24.2 Å². The molecule has 1 amide bonds. The Morgan fingerprint density at radius 1 is 1.17 bits per heavy atom. The van der Waals surface area contributed by atoms with Crippen molar-refractivity contribution in [3.8, 4) is 22.3 Å². The van der Waals surface area contributed by atoms with E-state index >= 15 is 0 Å². The minimum Gasteiger partial charge on any atom is -0.374 e. The second kappa shape index (κ2) is 7.02. The molecule has 1 N–H and O–H groups in total. The highest BCUT2D eigenvalue weighted by Gasteiger charge is 2.57. The molecule has 156 valence electrons. The third-order valence-corrected chi connectivity index (χ3v) is 5.82. The summed E-state index contributed by atoms with van der Waals surface area (Å²) in [5.41, 5.74) is 0.679. The summed E-state index contributed by atoms with van der Waals surface area (Å²) in [6.07, 6.45) is 3.50. The van der Waals surface area contributed by atoms with Crippen LogP contribution in [0.5, 0.6) is 0 Å². The van der Waals surface area contributed by atoms with E-state index in [1.165, 1.54) is 6.92 Å². The van der Waals surface area contributed by atoms with E-state index in [2.05, 4.69) is 5.10 Å². The average Bonchev–Trinajstić information content (AvgIpc) is 3.28. The van der Waals surface area contributed by atoms with E-state index in [-0.39, 0.29) is 17.0 Å². The Kier molecular flexibility index (Phi) is 4.73. The van der Waals surface area contributed by atoms with Crippen LogP contribution >= 0.6 is 0 Å². The standard InChI is InChI=1S/C23H23F2N3O2/c1-15(29)27(3)11-12-28-14-16(13-26-28)17-8-6-10-20-21(17)18-7-4-5-9-19(18)23(20,30)22(2,24)25/h4-10,13-14,30H,11-12H2,1-3H3. The number of nitrogens with zero attached hydrogens (tertiary/aromatic N) is 3. The number of amides is 1. The second-order valence-electron chi connectivity index (χ2n) is 7.81. The van der Waals surface area contributed by atoms with Crippen molar-refractivity contribution in [2.75, 3.05) is 13.6 Å². The lowest BCUT2D eigenvalue weighted by Gasteiger charge is -2.31. The largest absolute Gasteiger partial charge is 0.374 e. The number of carbonyl (C=O) groups excluding carboxylic acids is 1. The molecule has 4 rings (SSSR count). The molecular weight excluding hydrogens is 388 g/mol. The van der Waals surface area contributed by atoms with E-state index in [1.807, 2.05) is 12.3 Å². The number of fused-ring (bicyclic) bond motifs is 3. The molecule has 1 aliphatic carbocycles. The topological polar surface area (TPSA) is 58.4 Å². The van der Waals surface area contributed by atoms with E-state index in [1.54, 1.807) is 59.2 Å². The third-order valence-electron chi connectivity index (χ3n) is 5.82. The van der Waals surface area contributed by atoms with Crippen LogP contribution in [0.4, 0.5) is 8.78 Å². The summed E-state index contributed by atoms with van der Waals surface area (Å²) >= 11 is 0. The van der Waals surface area contributed by atoms with Crippen LogP contribution in [0, 0.1) is 0 Å². The Morgan fingerprint density at radius 2 is 1.83 bits per heavy atom. The molecule has 5 nitrogen and oxygen atoms in total. The molecule has 3 aromatic rings. The molecular formula is C23H23F2N3O2. The summed E-state index contributed by atoms with van der Waals surface area (Å²) in [5.74, 6) is -3.39. The SMILES string of the molecule is CC(=O)N(C)CCn1cc(-c2cccc3c2-c2ccccc2C3(O)C(C)(F)F)cn1. The van der Waals surface area contributed by atoms with Crippen molar-refractivity contribution < 1.29 is 18.7 Å². The Hall–Kier alpha value is -3.06. The quantitative estimate of drug-likeness (QED) is 0.693. The van der Waals surface area contributed by atoms with Crippen LogP contribution in [0.2, 0.25) is 0 Å². The lowest BCUT2D eigenvalue weighted by molar-refractivity contribution is -0.148. The predicted octanol–water partition coefficient (Wildman–Crippen LogP) is 3.90. The lowest BCUT2D eigenvalue weighted by atomic mass is 9.85. The smallest absolute Gasteiger partial charge is 0.281 e. The Balaban J connectivity index is 1.80. The number of likely N-dealkylation sites (N-methyl/N-ethyl adjacent to an activating group) is 1. The van der Waals surface area contributed by atoms with Gasteiger partial charge in [0.1, 0.15) is 0 Å². The van der Waals surface area contributed by atoms with Gasteiger partial charge in [-0.15, -0.1) is 0 Å². The van der Waals surface area contributed by atoms with Crippen molar-refractivity contribution >= 4 is 5.91 Å². The molecule has 1 aromatic heterocycles. The highest BCUT2D eigenvalue weighted by molar-refractivity contribution is 5.92. The summed E-state index contributed by atoms with van der Waals surface area (Å²) < 4.78 is 31.0. The molecule has 0 saturated heterocycles. The van der Waals surface area contributed by atoms with Gasteiger partial charge in [0.2, 0.25) is 5.91 Å². The predicted molar refractivity (Wildman–Crippen MR) is 110 cm³/mol. The van der Waals surface area contributed by atoms with Crippen molar-refractivity contribution in [2.24, 2.45) is 0 Å². The zero-order valence-corrected chi connectivity index (χ0v) is 17.1. The Labute approximate surface area is 173 Å². The van der Waals surface area contributed by atoms with Gasteiger partial charge in [0.25, 0.3) is 5.92 Å². The minimum atomic E-state index is -3.37. The van der Waals surface area contributed by atoms with Gasteiger partial charge >= 0.3 is 0 Å². The summed E-state index contributed by atoms with van der Waals surface area (Å²) in [4.78, 5) is 13.0. The van der Waals surface area contributed by atoms with Gasteiger partial charge in [0, 0.05) is 50.3 Å². The summed E-state index contributed by atoms with van der Waals surface area (Å²) in [6.45, 7) is 3.27. The number of hydrogen-bond acceptors (Lipinski definition) is 3. The number of hydrogen-bond donors (Lipinski definition) is 1. The maximum absolute atomic E-state index is 14.6. The van der Waals surface area contributed by atoms with E-state index < -0.39 is 11.5 Å². The van der Waals surface area contributed by atoms with E-state index in [4.69, 9.17) is 0 Å². The minimum absolute atomic E-state index is 0.0281. The van der Waals surface area contributed by atoms with Crippen molar-refractivity contribution in [3.05, 3.63) is 66.0 Å². The monoisotopic (exact) mass is 411 g/mol. The van der Waals surface area contributed by atoms with E-state index in [0.717, 1.165) is 18.1 Å². The van der Waals surface area contributed by atoms with Crippen LogP contribution in [0.1, 0.15) is 25.0 Å². The first-order valence-corrected chi connectivity index (χ1v) is 9.72. The fraction of sp³-hybridized carbons (Fsp3) is 0.304. The summed E-state index contributed by atoms with van der Waals surface area (Å²) in [5, 5.41) is 15.6. The number of rotatable bonds is 5. The van der Waals surface area contributed by atoms with Gasteiger partial charge in [0.15, 0.2) is 5.60 Å². The number of aliphatic hydroxyl groups is 1. The normalized spacial score (nSPS) is 17.5. The second-order valence-corrected chi connectivity index (χ2v) is 7.81. The first-order chi connectivity index (χ1) is 14.1. The van der Waals surface area contributed by atoms with Gasteiger partial charge in [-0.2, -0.15) is 5.10 Å². The maximum Gasteiger partial charge on any atom is 0.281 e. The fourth-order valence-corrected chi connectivity index (χ4v) is 4.05. The molecule has 1 atom stereocenters. The van der Waals surface area contributed by atoms with Crippen molar-refractivity contribution in [1.82, 2.24) is 14.7 Å². The zero-order valence-electron chi connectivity index (χ0n) is 17.1. The van der Waals surface area contributed by atoms with E-state index in [9.17, 15) is 18.7 Å². The third kappa shape index (κ3) is 3.01. The van der Waals surface area contributed by atoms with Crippen molar-refractivity contribution in [3.63, 3.8) is 0 Å². The maximum atomic E-state index is 14.6. The molecule has 0 bridgehead atoms. The highest BCUT2D eigenvalue weighted by Crippen LogP contribution is 2.56. The molecule has 0 spiro atoms. The Morgan fingerprint density at radius 3 is 2.53 bits per heavy atom.